The number of nitrogens with zero attached hydrogens (tertiary/aromatic N) is 1. The summed E-state index contributed by atoms with van der Waals surface area (Å²) in [5.74, 6) is 0.934. The van der Waals surface area contributed by atoms with Gasteiger partial charge in [0.05, 0.1) is 5.69 Å². The van der Waals surface area contributed by atoms with Gasteiger partial charge in [0.1, 0.15) is 23.2 Å². The standard InChI is InChI=1S/C17H13ClFNOS/c18-9-12-4-3-5-14(8-12)21-10-13-11-22-17(20-13)15-6-1-2-7-16(15)19/h1-8,11H,9-10H2. The fourth-order valence-electron chi connectivity index (χ4n) is 2.01. The predicted molar refractivity (Wildman–Crippen MR) is 87.8 cm³/mol. The number of rotatable bonds is 5. The molecule has 0 amide bonds. The number of alkyl halides is 1. The van der Waals surface area contributed by atoms with Gasteiger partial charge in [-0.05, 0) is 29.8 Å². The Labute approximate surface area is 137 Å². The van der Waals surface area contributed by atoms with Gasteiger partial charge in [-0.1, -0.05) is 24.3 Å². The molecule has 0 aliphatic heterocycles. The largest absolute Gasteiger partial charge is 0.487 e. The predicted octanol–water partition coefficient (Wildman–Crippen LogP) is 5.27. The topological polar surface area (TPSA) is 22.1 Å². The minimum Gasteiger partial charge on any atom is -0.487 e. The Morgan fingerprint density at radius 3 is 2.82 bits per heavy atom. The molecule has 112 valence electrons. The van der Waals surface area contributed by atoms with E-state index in [0.717, 1.165) is 17.0 Å². The van der Waals surface area contributed by atoms with Gasteiger partial charge in [-0.2, -0.15) is 0 Å². The SMILES string of the molecule is Fc1ccccc1-c1nc(COc2cccc(CCl)c2)cs1. The van der Waals surface area contributed by atoms with E-state index in [0.29, 0.717) is 23.1 Å². The third kappa shape index (κ3) is 3.46. The fourth-order valence-corrected chi connectivity index (χ4v) is 3.00. The van der Waals surface area contributed by atoms with E-state index in [-0.39, 0.29) is 5.82 Å². The van der Waals surface area contributed by atoms with Crippen molar-refractivity contribution in [3.05, 3.63) is 71.0 Å². The summed E-state index contributed by atoms with van der Waals surface area (Å²) in [6.07, 6.45) is 0. The molecule has 5 heteroatoms. The van der Waals surface area contributed by atoms with E-state index in [1.165, 1.54) is 17.4 Å². The molecule has 3 rings (SSSR count). The minimum absolute atomic E-state index is 0.265. The molecule has 2 aromatic carbocycles. The molecular formula is C17H13ClFNOS. The van der Waals surface area contributed by atoms with Crippen LogP contribution in [0.4, 0.5) is 4.39 Å². The van der Waals surface area contributed by atoms with Crippen molar-refractivity contribution in [3.8, 4) is 16.3 Å². The fraction of sp³-hybridized carbons (Fsp3) is 0.118. The lowest BCUT2D eigenvalue weighted by atomic mass is 10.2. The summed E-state index contributed by atoms with van der Waals surface area (Å²) < 4.78 is 19.4. The molecule has 0 aliphatic rings. The first-order valence-corrected chi connectivity index (χ1v) is 8.14. The van der Waals surface area contributed by atoms with Crippen molar-refractivity contribution in [1.29, 1.82) is 0 Å². The number of hydrogen-bond acceptors (Lipinski definition) is 3. The molecule has 0 radical (unpaired) electrons. The lowest BCUT2D eigenvalue weighted by Gasteiger charge is -2.05. The summed E-state index contributed by atoms with van der Waals surface area (Å²) in [5, 5.41) is 2.54. The molecule has 1 heterocycles. The van der Waals surface area contributed by atoms with Crippen molar-refractivity contribution in [1.82, 2.24) is 4.98 Å². The smallest absolute Gasteiger partial charge is 0.133 e. The van der Waals surface area contributed by atoms with Crippen LogP contribution < -0.4 is 4.74 Å². The van der Waals surface area contributed by atoms with Crippen LogP contribution in [0, 0.1) is 5.82 Å². The highest BCUT2D eigenvalue weighted by Crippen LogP contribution is 2.26. The molecule has 0 fully saturated rings. The summed E-state index contributed by atoms with van der Waals surface area (Å²) in [6, 6.07) is 14.2. The number of ether oxygens (including phenoxy) is 1. The maximum absolute atomic E-state index is 13.7. The third-order valence-corrected chi connectivity index (χ3v) is 4.33. The molecule has 0 N–H and O–H groups in total. The van der Waals surface area contributed by atoms with Crippen molar-refractivity contribution in [2.24, 2.45) is 0 Å². The van der Waals surface area contributed by atoms with Crippen molar-refractivity contribution in [2.45, 2.75) is 12.5 Å². The first-order chi connectivity index (χ1) is 10.8. The number of halogens is 2. The monoisotopic (exact) mass is 333 g/mol. The van der Waals surface area contributed by atoms with Gasteiger partial charge in [-0.3, -0.25) is 0 Å². The summed E-state index contributed by atoms with van der Waals surface area (Å²) in [7, 11) is 0. The van der Waals surface area contributed by atoms with Crippen molar-refractivity contribution < 1.29 is 9.13 Å². The lowest BCUT2D eigenvalue weighted by Crippen LogP contribution is -1.96. The van der Waals surface area contributed by atoms with E-state index >= 15 is 0 Å². The Balaban J connectivity index is 1.71. The van der Waals surface area contributed by atoms with Crippen LogP contribution in [0.5, 0.6) is 5.75 Å². The van der Waals surface area contributed by atoms with Crippen LogP contribution in [-0.4, -0.2) is 4.98 Å². The Morgan fingerprint density at radius 2 is 2.00 bits per heavy atom. The maximum atomic E-state index is 13.7. The summed E-state index contributed by atoms with van der Waals surface area (Å²) in [5.41, 5.74) is 2.30. The minimum atomic E-state index is -0.265. The molecule has 0 bridgehead atoms. The van der Waals surface area contributed by atoms with Crippen LogP contribution >= 0.6 is 22.9 Å². The zero-order chi connectivity index (χ0) is 15.4. The van der Waals surface area contributed by atoms with Crippen LogP contribution in [0.25, 0.3) is 10.6 Å². The molecule has 0 saturated heterocycles. The molecule has 3 aromatic rings. The van der Waals surface area contributed by atoms with Gasteiger partial charge in [0.2, 0.25) is 0 Å². The van der Waals surface area contributed by atoms with Crippen LogP contribution in [0.3, 0.4) is 0 Å². The normalized spacial score (nSPS) is 10.6. The van der Waals surface area contributed by atoms with Gasteiger partial charge in [0.25, 0.3) is 0 Å². The average Bonchev–Trinajstić information content (AvgIpc) is 3.02. The van der Waals surface area contributed by atoms with Gasteiger partial charge < -0.3 is 4.74 Å². The summed E-state index contributed by atoms with van der Waals surface area (Å²) >= 11 is 7.21. The molecular weight excluding hydrogens is 321 g/mol. The first kappa shape index (κ1) is 15.0. The average molecular weight is 334 g/mol. The van der Waals surface area contributed by atoms with Gasteiger partial charge in [-0.25, -0.2) is 9.37 Å². The lowest BCUT2D eigenvalue weighted by molar-refractivity contribution is 0.302. The highest BCUT2D eigenvalue weighted by atomic mass is 35.5. The maximum Gasteiger partial charge on any atom is 0.133 e. The van der Waals surface area contributed by atoms with Crippen LogP contribution in [0.2, 0.25) is 0 Å². The Hall–Kier alpha value is -1.91. The molecule has 0 unspecified atom stereocenters. The van der Waals surface area contributed by atoms with E-state index in [4.69, 9.17) is 16.3 Å². The van der Waals surface area contributed by atoms with Crippen LogP contribution in [-0.2, 0) is 12.5 Å². The third-order valence-electron chi connectivity index (χ3n) is 3.10. The van der Waals surface area contributed by atoms with Crippen molar-refractivity contribution in [2.75, 3.05) is 0 Å². The molecule has 0 atom stereocenters. The van der Waals surface area contributed by atoms with Crippen molar-refractivity contribution in [3.63, 3.8) is 0 Å². The molecule has 0 saturated carbocycles. The first-order valence-electron chi connectivity index (χ1n) is 6.73. The molecule has 0 spiro atoms. The van der Waals surface area contributed by atoms with Crippen molar-refractivity contribution >= 4 is 22.9 Å². The molecule has 0 aliphatic carbocycles. The molecule has 2 nitrogen and oxygen atoms in total. The molecule has 22 heavy (non-hydrogen) atoms. The zero-order valence-corrected chi connectivity index (χ0v) is 13.2. The highest BCUT2D eigenvalue weighted by molar-refractivity contribution is 7.13. The van der Waals surface area contributed by atoms with Crippen LogP contribution in [0.15, 0.2) is 53.9 Å². The number of hydrogen-bond donors (Lipinski definition) is 0. The zero-order valence-electron chi connectivity index (χ0n) is 11.6. The summed E-state index contributed by atoms with van der Waals surface area (Å²) in [4.78, 5) is 4.43. The number of benzene rings is 2. The Kier molecular flexibility index (Phi) is 4.71. The summed E-state index contributed by atoms with van der Waals surface area (Å²) in [6.45, 7) is 0.344. The Bertz CT molecular complexity index is 775. The van der Waals surface area contributed by atoms with Gasteiger partial charge in [0, 0.05) is 16.8 Å². The molecule has 1 aromatic heterocycles. The second kappa shape index (κ2) is 6.90. The second-order valence-corrected chi connectivity index (χ2v) is 5.82. The number of thiazole rings is 1. The van der Waals surface area contributed by atoms with E-state index in [1.54, 1.807) is 18.2 Å². The highest BCUT2D eigenvalue weighted by Gasteiger charge is 2.09. The quantitative estimate of drug-likeness (QED) is 0.594. The number of aromatic nitrogens is 1. The van der Waals surface area contributed by atoms with E-state index in [1.807, 2.05) is 29.6 Å². The van der Waals surface area contributed by atoms with Crippen LogP contribution in [0.1, 0.15) is 11.3 Å². The van der Waals surface area contributed by atoms with E-state index < -0.39 is 0 Å². The van der Waals surface area contributed by atoms with Gasteiger partial charge in [0.15, 0.2) is 0 Å². The van der Waals surface area contributed by atoms with Gasteiger partial charge >= 0.3 is 0 Å². The van der Waals surface area contributed by atoms with E-state index in [9.17, 15) is 4.39 Å². The second-order valence-electron chi connectivity index (χ2n) is 4.69. The van der Waals surface area contributed by atoms with E-state index in [2.05, 4.69) is 4.98 Å². The Morgan fingerprint density at radius 1 is 1.14 bits per heavy atom. The van der Waals surface area contributed by atoms with Gasteiger partial charge in [-0.15, -0.1) is 22.9 Å².